The second kappa shape index (κ2) is 4.69. The molecule has 0 aromatic rings. The van der Waals surface area contributed by atoms with Crippen molar-refractivity contribution in [1.29, 1.82) is 0 Å². The van der Waals surface area contributed by atoms with Crippen molar-refractivity contribution >= 4 is 5.91 Å². The zero-order valence-corrected chi connectivity index (χ0v) is 11.3. The molecule has 0 radical (unpaired) electrons. The van der Waals surface area contributed by atoms with Crippen LogP contribution in [0.3, 0.4) is 0 Å². The molecule has 2 heterocycles. The first kappa shape index (κ1) is 12.4. The van der Waals surface area contributed by atoms with Crippen LogP contribution in [0.2, 0.25) is 0 Å². The maximum absolute atomic E-state index is 11.6. The van der Waals surface area contributed by atoms with E-state index in [9.17, 15) is 4.79 Å². The van der Waals surface area contributed by atoms with E-state index in [2.05, 4.69) is 31.3 Å². The smallest absolute Gasteiger partial charge is 0.219 e. The van der Waals surface area contributed by atoms with Gasteiger partial charge in [0.25, 0.3) is 0 Å². The molecular formula is C13H23N3O. The number of nitrogens with zero attached hydrogens (tertiary/aromatic N) is 2. The average Bonchev–Trinajstić information content (AvgIpc) is 2.47. The Morgan fingerprint density at radius 3 is 2.76 bits per heavy atom. The molecule has 4 nitrogen and oxygen atoms in total. The van der Waals surface area contributed by atoms with Crippen LogP contribution in [-0.2, 0) is 4.79 Å². The van der Waals surface area contributed by atoms with Crippen molar-refractivity contribution in [3.8, 4) is 0 Å². The largest absolute Gasteiger partial charge is 0.339 e. The molecule has 2 aliphatic rings. The predicted molar refractivity (Wildman–Crippen MR) is 68.0 cm³/mol. The zero-order valence-electron chi connectivity index (χ0n) is 11.3. The van der Waals surface area contributed by atoms with Crippen LogP contribution in [0.1, 0.15) is 33.6 Å². The molecule has 0 aromatic carbocycles. The summed E-state index contributed by atoms with van der Waals surface area (Å²) < 4.78 is 0. The van der Waals surface area contributed by atoms with E-state index in [0.717, 1.165) is 25.9 Å². The summed E-state index contributed by atoms with van der Waals surface area (Å²) in [6.45, 7) is 7.81. The Bertz CT molecular complexity index is 349. The van der Waals surface area contributed by atoms with Gasteiger partial charge in [0.2, 0.25) is 5.91 Å². The first-order valence-electron chi connectivity index (χ1n) is 6.48. The van der Waals surface area contributed by atoms with E-state index in [1.165, 1.54) is 11.3 Å². The lowest BCUT2D eigenvalue weighted by Gasteiger charge is -2.25. The summed E-state index contributed by atoms with van der Waals surface area (Å²) in [6, 6.07) is 0.384. The molecule has 1 unspecified atom stereocenters. The summed E-state index contributed by atoms with van der Waals surface area (Å²) >= 11 is 0. The van der Waals surface area contributed by atoms with Gasteiger partial charge in [-0.2, -0.15) is 0 Å². The van der Waals surface area contributed by atoms with Gasteiger partial charge in [0.15, 0.2) is 0 Å². The van der Waals surface area contributed by atoms with Gasteiger partial charge in [0.1, 0.15) is 0 Å². The predicted octanol–water partition coefficient (Wildman–Crippen LogP) is 1.36. The molecule has 0 saturated carbocycles. The van der Waals surface area contributed by atoms with Crippen molar-refractivity contribution < 1.29 is 4.79 Å². The van der Waals surface area contributed by atoms with E-state index in [1.807, 2.05) is 4.90 Å². The number of hydrazine groups is 1. The molecule has 96 valence electrons. The molecule has 0 bridgehead atoms. The molecule has 2 aliphatic heterocycles. The van der Waals surface area contributed by atoms with Gasteiger partial charge in [-0.3, -0.25) is 4.79 Å². The van der Waals surface area contributed by atoms with Crippen molar-refractivity contribution in [2.24, 2.45) is 5.92 Å². The molecule has 0 saturated heterocycles. The van der Waals surface area contributed by atoms with Crippen molar-refractivity contribution in [1.82, 2.24) is 15.3 Å². The SMILES string of the molecule is CC(=O)N1CCCC2=C(C1)C(C(C)C)NN2C. The van der Waals surface area contributed by atoms with Crippen LogP contribution in [0.4, 0.5) is 0 Å². The molecule has 0 fully saturated rings. The number of hydrogen-bond donors (Lipinski definition) is 1. The molecule has 1 N–H and O–H groups in total. The van der Waals surface area contributed by atoms with Gasteiger partial charge in [-0.1, -0.05) is 13.8 Å². The highest BCUT2D eigenvalue weighted by molar-refractivity contribution is 5.73. The van der Waals surface area contributed by atoms with Gasteiger partial charge in [-0.15, -0.1) is 0 Å². The fraction of sp³-hybridized carbons (Fsp3) is 0.769. The lowest BCUT2D eigenvalue weighted by atomic mass is 9.95. The average molecular weight is 237 g/mol. The van der Waals surface area contributed by atoms with Crippen LogP contribution in [0, 0.1) is 5.92 Å². The summed E-state index contributed by atoms with van der Waals surface area (Å²) in [5, 5.41) is 2.16. The van der Waals surface area contributed by atoms with E-state index in [1.54, 1.807) is 6.92 Å². The van der Waals surface area contributed by atoms with Gasteiger partial charge < -0.3 is 9.91 Å². The molecule has 0 aliphatic carbocycles. The number of rotatable bonds is 1. The van der Waals surface area contributed by atoms with Crippen molar-refractivity contribution in [3.63, 3.8) is 0 Å². The Balaban J connectivity index is 2.25. The molecule has 1 atom stereocenters. The molecule has 2 rings (SSSR count). The van der Waals surface area contributed by atoms with E-state index < -0.39 is 0 Å². The zero-order chi connectivity index (χ0) is 12.6. The molecular weight excluding hydrogens is 214 g/mol. The highest BCUT2D eigenvalue weighted by Crippen LogP contribution is 2.30. The highest BCUT2D eigenvalue weighted by Gasteiger charge is 2.33. The summed E-state index contributed by atoms with van der Waals surface area (Å²) in [7, 11) is 2.08. The van der Waals surface area contributed by atoms with Gasteiger partial charge >= 0.3 is 0 Å². The summed E-state index contributed by atoms with van der Waals surface area (Å²) in [5.41, 5.74) is 6.31. The highest BCUT2D eigenvalue weighted by atomic mass is 16.2. The van der Waals surface area contributed by atoms with E-state index in [0.29, 0.717) is 12.0 Å². The minimum atomic E-state index is 0.191. The van der Waals surface area contributed by atoms with E-state index in [4.69, 9.17) is 0 Å². The number of nitrogens with one attached hydrogen (secondary N) is 1. The quantitative estimate of drug-likeness (QED) is 0.748. The number of carbonyl (C=O) groups excluding carboxylic acids is 1. The lowest BCUT2D eigenvalue weighted by Crippen LogP contribution is -2.41. The van der Waals surface area contributed by atoms with Gasteiger partial charge in [-0.05, 0) is 24.3 Å². The van der Waals surface area contributed by atoms with Crippen LogP contribution >= 0.6 is 0 Å². The maximum atomic E-state index is 11.6. The van der Waals surface area contributed by atoms with Crippen LogP contribution in [0.5, 0.6) is 0 Å². The number of carbonyl (C=O) groups is 1. The standard InChI is InChI=1S/C13H23N3O/c1-9(2)13-11-8-16(10(3)17)7-5-6-12(11)15(4)14-13/h9,13-14H,5-8H2,1-4H3. The van der Waals surface area contributed by atoms with Gasteiger partial charge in [-0.25, -0.2) is 5.43 Å². The minimum Gasteiger partial charge on any atom is -0.339 e. The van der Waals surface area contributed by atoms with Crippen molar-refractivity contribution in [2.45, 2.75) is 39.7 Å². The van der Waals surface area contributed by atoms with Crippen molar-refractivity contribution in [3.05, 3.63) is 11.3 Å². The van der Waals surface area contributed by atoms with E-state index in [-0.39, 0.29) is 5.91 Å². The fourth-order valence-electron chi connectivity index (χ4n) is 2.82. The lowest BCUT2D eigenvalue weighted by molar-refractivity contribution is -0.128. The van der Waals surface area contributed by atoms with Crippen LogP contribution in [0.25, 0.3) is 0 Å². The monoisotopic (exact) mass is 237 g/mol. The Kier molecular flexibility index (Phi) is 3.43. The molecule has 0 spiro atoms. The number of hydrogen-bond acceptors (Lipinski definition) is 3. The second-order valence-corrected chi connectivity index (χ2v) is 5.43. The first-order chi connectivity index (χ1) is 8.00. The van der Waals surface area contributed by atoms with Crippen LogP contribution in [0.15, 0.2) is 11.3 Å². The van der Waals surface area contributed by atoms with E-state index >= 15 is 0 Å². The van der Waals surface area contributed by atoms with Gasteiger partial charge in [0.05, 0.1) is 6.04 Å². The number of amides is 1. The second-order valence-electron chi connectivity index (χ2n) is 5.43. The van der Waals surface area contributed by atoms with Crippen LogP contribution in [-0.4, -0.2) is 42.0 Å². The summed E-state index contributed by atoms with van der Waals surface area (Å²) in [4.78, 5) is 13.5. The normalized spacial score (nSPS) is 25.4. The number of allylic oxidation sites excluding steroid dienone is 1. The molecule has 0 aromatic heterocycles. The van der Waals surface area contributed by atoms with Crippen LogP contribution < -0.4 is 5.43 Å². The Morgan fingerprint density at radius 2 is 2.18 bits per heavy atom. The maximum Gasteiger partial charge on any atom is 0.219 e. The summed E-state index contributed by atoms with van der Waals surface area (Å²) in [6.07, 6.45) is 2.14. The molecule has 17 heavy (non-hydrogen) atoms. The Hall–Kier alpha value is -1.03. The third-order valence-corrected chi connectivity index (χ3v) is 3.80. The molecule has 4 heteroatoms. The third-order valence-electron chi connectivity index (χ3n) is 3.80. The third kappa shape index (κ3) is 2.32. The fourth-order valence-corrected chi connectivity index (χ4v) is 2.82. The topological polar surface area (TPSA) is 35.6 Å². The first-order valence-corrected chi connectivity index (χ1v) is 6.48. The Labute approximate surface area is 104 Å². The Morgan fingerprint density at radius 1 is 1.47 bits per heavy atom. The van der Waals surface area contributed by atoms with Crippen molar-refractivity contribution in [2.75, 3.05) is 20.1 Å². The summed E-state index contributed by atoms with van der Waals surface area (Å²) in [5.74, 6) is 0.743. The minimum absolute atomic E-state index is 0.191. The molecule has 1 amide bonds. The van der Waals surface area contributed by atoms with Gasteiger partial charge in [0, 0.05) is 32.8 Å².